The van der Waals surface area contributed by atoms with Crippen LogP contribution in [0.2, 0.25) is 0 Å². The Hall–Kier alpha value is -3.17. The molecule has 22 heavy (non-hydrogen) atoms. The predicted octanol–water partition coefficient (Wildman–Crippen LogP) is 1.99. The molecule has 0 atom stereocenters. The zero-order valence-corrected chi connectivity index (χ0v) is 11.1. The molecule has 114 valence electrons. The minimum Gasteiger partial charge on any atom is -0.365 e. The molecule has 0 aliphatic heterocycles. The van der Waals surface area contributed by atoms with Crippen LogP contribution in [0.5, 0.6) is 0 Å². The van der Waals surface area contributed by atoms with Crippen LogP contribution in [0.25, 0.3) is 10.4 Å². The molecule has 0 saturated heterocycles. The van der Waals surface area contributed by atoms with Crippen LogP contribution in [0.4, 0.5) is 15.9 Å². The van der Waals surface area contributed by atoms with Crippen LogP contribution in [0.15, 0.2) is 39.0 Å². The number of amidine groups is 1. The molecule has 0 fully saturated rings. The van der Waals surface area contributed by atoms with Gasteiger partial charge in [-0.15, -0.1) is 0 Å². The van der Waals surface area contributed by atoms with Crippen molar-refractivity contribution in [2.45, 2.75) is 0 Å². The van der Waals surface area contributed by atoms with Gasteiger partial charge in [0.1, 0.15) is 11.5 Å². The van der Waals surface area contributed by atoms with E-state index in [1.807, 2.05) is 5.48 Å². The number of halogens is 1. The van der Waals surface area contributed by atoms with Gasteiger partial charge in [0.15, 0.2) is 11.5 Å². The maximum Gasteiger partial charge on any atom is 0.202 e. The van der Waals surface area contributed by atoms with Crippen molar-refractivity contribution in [2.75, 3.05) is 18.4 Å². The summed E-state index contributed by atoms with van der Waals surface area (Å²) in [6.45, 7) is 0.443. The van der Waals surface area contributed by atoms with E-state index in [4.69, 9.17) is 5.53 Å². The number of hydrogen-bond acceptors (Lipinski definition) is 7. The molecule has 0 radical (unpaired) electrons. The summed E-state index contributed by atoms with van der Waals surface area (Å²) < 4.78 is 18.1. The van der Waals surface area contributed by atoms with Crippen LogP contribution in [0.1, 0.15) is 5.69 Å². The zero-order chi connectivity index (χ0) is 15.8. The number of benzene rings is 1. The highest BCUT2D eigenvalue weighted by Gasteiger charge is 2.16. The topological polar surface area (TPSA) is 144 Å². The minimum atomic E-state index is -0.565. The summed E-state index contributed by atoms with van der Waals surface area (Å²) in [5.41, 5.74) is 10.1. The second-order valence-electron chi connectivity index (χ2n) is 3.87. The Labute approximate surface area is 123 Å². The Bertz CT molecular complexity index is 710. The Morgan fingerprint density at radius 2 is 2.23 bits per heavy atom. The molecule has 0 unspecified atom stereocenters. The van der Waals surface area contributed by atoms with E-state index >= 15 is 0 Å². The summed E-state index contributed by atoms with van der Waals surface area (Å²) in [5.74, 6) is -0.563. The van der Waals surface area contributed by atoms with Crippen molar-refractivity contribution in [2.24, 2.45) is 10.1 Å². The van der Waals surface area contributed by atoms with E-state index < -0.39 is 5.82 Å². The van der Waals surface area contributed by atoms with E-state index in [0.717, 1.165) is 0 Å². The first-order valence-corrected chi connectivity index (χ1v) is 6.07. The van der Waals surface area contributed by atoms with Gasteiger partial charge in [-0.2, -0.15) is 0 Å². The molecule has 0 aliphatic carbocycles. The van der Waals surface area contributed by atoms with Gasteiger partial charge in [-0.3, -0.25) is 10.7 Å². The molecule has 1 aromatic heterocycles. The first-order valence-electron chi connectivity index (χ1n) is 6.07. The Balaban J connectivity index is 2.23. The Morgan fingerprint density at radius 3 is 2.95 bits per heavy atom. The summed E-state index contributed by atoms with van der Waals surface area (Å²) in [4.78, 5) is 6.52. The van der Waals surface area contributed by atoms with Gasteiger partial charge < -0.3 is 5.32 Å². The number of rotatable bonds is 6. The van der Waals surface area contributed by atoms with Crippen molar-refractivity contribution >= 4 is 17.3 Å². The average molecular weight is 306 g/mol. The fourth-order valence-corrected chi connectivity index (χ4v) is 1.52. The van der Waals surface area contributed by atoms with Crippen molar-refractivity contribution in [3.63, 3.8) is 0 Å². The van der Waals surface area contributed by atoms with Crippen molar-refractivity contribution in [1.82, 2.24) is 15.8 Å². The SMILES string of the molecule is [N-]=[N+]=NCCNc1nonc1C(=Nc1ccccc1F)NO. The number of anilines is 1. The normalized spacial score (nSPS) is 10.9. The zero-order valence-electron chi connectivity index (χ0n) is 11.1. The summed E-state index contributed by atoms with van der Waals surface area (Å²) >= 11 is 0. The third-order valence-electron chi connectivity index (χ3n) is 2.47. The highest BCUT2D eigenvalue weighted by molar-refractivity contribution is 6.01. The number of hydrogen-bond donors (Lipinski definition) is 3. The van der Waals surface area contributed by atoms with Crippen LogP contribution in [0, 0.1) is 5.82 Å². The van der Waals surface area contributed by atoms with E-state index in [1.165, 1.54) is 18.2 Å². The van der Waals surface area contributed by atoms with Gasteiger partial charge in [0.05, 0.1) is 0 Å². The van der Waals surface area contributed by atoms with Crippen molar-refractivity contribution in [1.29, 1.82) is 0 Å². The van der Waals surface area contributed by atoms with E-state index in [9.17, 15) is 9.60 Å². The van der Waals surface area contributed by atoms with Crippen molar-refractivity contribution in [3.05, 3.63) is 46.2 Å². The molecule has 10 nitrogen and oxygen atoms in total. The molecule has 2 aromatic rings. The smallest absolute Gasteiger partial charge is 0.202 e. The second-order valence-corrected chi connectivity index (χ2v) is 3.87. The van der Waals surface area contributed by atoms with E-state index in [1.54, 1.807) is 6.07 Å². The fraction of sp³-hybridized carbons (Fsp3) is 0.182. The van der Waals surface area contributed by atoms with E-state index in [2.05, 4.69) is 35.3 Å². The number of aromatic nitrogens is 2. The quantitative estimate of drug-likeness (QED) is 0.141. The van der Waals surface area contributed by atoms with Gasteiger partial charge in [-0.1, -0.05) is 17.2 Å². The second kappa shape index (κ2) is 7.57. The summed E-state index contributed by atoms with van der Waals surface area (Å²) in [6, 6.07) is 5.76. The van der Waals surface area contributed by atoms with Gasteiger partial charge >= 0.3 is 0 Å². The third kappa shape index (κ3) is 3.69. The van der Waals surface area contributed by atoms with Crippen LogP contribution in [0.3, 0.4) is 0 Å². The first-order chi connectivity index (χ1) is 10.8. The summed E-state index contributed by atoms with van der Waals surface area (Å²) in [5, 5.41) is 22.5. The molecule has 0 bridgehead atoms. The molecule has 0 saturated carbocycles. The molecule has 0 spiro atoms. The largest absolute Gasteiger partial charge is 0.365 e. The fourth-order valence-electron chi connectivity index (χ4n) is 1.52. The van der Waals surface area contributed by atoms with Gasteiger partial charge in [-0.25, -0.2) is 14.0 Å². The molecule has 2 rings (SSSR count). The van der Waals surface area contributed by atoms with Crippen LogP contribution < -0.4 is 10.8 Å². The number of nitrogens with zero attached hydrogens (tertiary/aromatic N) is 6. The van der Waals surface area contributed by atoms with Gasteiger partial charge in [0.2, 0.25) is 5.82 Å². The predicted molar refractivity (Wildman–Crippen MR) is 74.3 cm³/mol. The molecule has 1 aromatic carbocycles. The Morgan fingerprint density at radius 1 is 1.41 bits per heavy atom. The lowest BCUT2D eigenvalue weighted by Crippen LogP contribution is -2.22. The third-order valence-corrected chi connectivity index (χ3v) is 2.47. The maximum atomic E-state index is 13.6. The van der Waals surface area contributed by atoms with Crippen molar-refractivity contribution < 1.29 is 14.2 Å². The number of aliphatic imine (C=N–C) groups is 1. The first kappa shape index (κ1) is 15.2. The summed E-state index contributed by atoms with van der Waals surface area (Å²) in [7, 11) is 0. The van der Waals surface area contributed by atoms with Gasteiger partial charge in [0.25, 0.3) is 0 Å². The molecular weight excluding hydrogens is 295 g/mol. The highest BCUT2D eigenvalue weighted by Crippen LogP contribution is 2.19. The average Bonchev–Trinajstić information content (AvgIpc) is 2.99. The molecule has 1 heterocycles. The summed E-state index contributed by atoms with van der Waals surface area (Å²) in [6.07, 6.45) is 0. The minimum absolute atomic E-state index is 0.00193. The molecule has 11 heteroatoms. The number of nitrogens with one attached hydrogen (secondary N) is 2. The van der Waals surface area contributed by atoms with E-state index in [0.29, 0.717) is 0 Å². The highest BCUT2D eigenvalue weighted by atomic mass is 19.1. The molecular formula is C11H11FN8O2. The lowest BCUT2D eigenvalue weighted by Gasteiger charge is -2.04. The number of para-hydroxylation sites is 1. The number of azide groups is 1. The van der Waals surface area contributed by atoms with Gasteiger partial charge in [0, 0.05) is 18.0 Å². The number of hydroxylamine groups is 1. The maximum absolute atomic E-state index is 13.6. The van der Waals surface area contributed by atoms with Crippen molar-refractivity contribution in [3.8, 4) is 0 Å². The molecule has 3 N–H and O–H groups in total. The van der Waals surface area contributed by atoms with Crippen LogP contribution in [-0.2, 0) is 0 Å². The van der Waals surface area contributed by atoms with E-state index in [-0.39, 0.29) is 36.1 Å². The molecule has 0 aliphatic rings. The lowest BCUT2D eigenvalue weighted by atomic mass is 10.3. The Kier molecular flexibility index (Phi) is 5.24. The van der Waals surface area contributed by atoms with Crippen LogP contribution in [-0.4, -0.2) is 34.4 Å². The monoisotopic (exact) mass is 306 g/mol. The van der Waals surface area contributed by atoms with Gasteiger partial charge in [-0.05, 0) is 28.0 Å². The van der Waals surface area contributed by atoms with Crippen LogP contribution >= 0.6 is 0 Å². The lowest BCUT2D eigenvalue weighted by molar-refractivity contribution is 0.234. The standard InChI is InChI=1S/C11H11FN8O2/c12-7-3-1-2-4-8(7)16-11(17-21)9-10(19-22-18-9)14-5-6-15-20-13/h1-4,21H,5-6H2,(H,14,19)(H,16,17). The molecule has 0 amide bonds.